The third kappa shape index (κ3) is 3.06. The molecule has 136 valence electrons. The van der Waals surface area contributed by atoms with Crippen molar-refractivity contribution in [2.75, 3.05) is 27.0 Å². The number of fused-ring (bicyclic) bond motifs is 1. The van der Waals surface area contributed by atoms with Crippen molar-refractivity contribution < 1.29 is 24.1 Å². The molecule has 1 N–H and O–H groups in total. The Morgan fingerprint density at radius 3 is 2.92 bits per heavy atom. The molecule has 1 aromatic carbocycles. The number of β-amino-alcohol motifs (C(OH)–C–C–N with tert-alkyl or cyclic N) is 1. The number of rotatable bonds is 3. The van der Waals surface area contributed by atoms with Crippen molar-refractivity contribution in [3.05, 3.63) is 47.7 Å². The summed E-state index contributed by atoms with van der Waals surface area (Å²) >= 11 is 0. The van der Waals surface area contributed by atoms with Gasteiger partial charge in [0.25, 0.3) is 5.91 Å². The summed E-state index contributed by atoms with van der Waals surface area (Å²) in [6.07, 6.45) is 1.58. The maximum Gasteiger partial charge on any atom is 0.254 e. The highest BCUT2D eigenvalue weighted by molar-refractivity contribution is 5.94. The first-order valence-electron chi connectivity index (χ1n) is 8.52. The number of methoxy groups -OCH3 is 1. The number of hydrogen-bond donors (Lipinski definition) is 1. The lowest BCUT2D eigenvalue weighted by Crippen LogP contribution is -2.45. The number of aromatic nitrogens is 1. The van der Waals surface area contributed by atoms with Gasteiger partial charge >= 0.3 is 0 Å². The Hall–Kier alpha value is -2.80. The molecule has 4 rings (SSSR count). The fourth-order valence-electron chi connectivity index (χ4n) is 3.49. The van der Waals surface area contributed by atoms with E-state index in [9.17, 15) is 9.90 Å². The quantitative estimate of drug-likeness (QED) is 0.903. The third-order valence-corrected chi connectivity index (χ3v) is 4.88. The molecule has 0 bridgehead atoms. The van der Waals surface area contributed by atoms with Crippen molar-refractivity contribution in [2.45, 2.75) is 18.4 Å². The summed E-state index contributed by atoms with van der Waals surface area (Å²) in [6.45, 7) is 1.08. The molecule has 1 amide bonds. The number of pyridine rings is 1. The van der Waals surface area contributed by atoms with E-state index in [1.54, 1.807) is 23.2 Å². The number of carbonyl (C=O) groups excluding carboxylic acids is 1. The molecule has 1 saturated heterocycles. The predicted octanol–water partition coefficient (Wildman–Crippen LogP) is 1.81. The van der Waals surface area contributed by atoms with Crippen molar-refractivity contribution in [1.82, 2.24) is 9.88 Å². The van der Waals surface area contributed by atoms with Crippen LogP contribution in [-0.4, -0.2) is 54.0 Å². The van der Waals surface area contributed by atoms with Gasteiger partial charge in [-0.25, -0.2) is 4.98 Å². The summed E-state index contributed by atoms with van der Waals surface area (Å²) in [5.41, 5.74) is 1.50. The van der Waals surface area contributed by atoms with Crippen molar-refractivity contribution >= 4 is 5.91 Å². The van der Waals surface area contributed by atoms with Gasteiger partial charge in [0.15, 0.2) is 11.5 Å². The van der Waals surface area contributed by atoms with Gasteiger partial charge in [-0.05, 0) is 30.2 Å². The SMILES string of the molecule is COc1cc(C(=O)N2CC[C@@H](c3ccc4c(c3)OCO4)[C@H](O)C2)ccn1. The van der Waals surface area contributed by atoms with E-state index in [2.05, 4.69) is 4.98 Å². The van der Waals surface area contributed by atoms with Crippen LogP contribution in [0.15, 0.2) is 36.5 Å². The van der Waals surface area contributed by atoms with Crippen molar-refractivity contribution in [2.24, 2.45) is 0 Å². The fourth-order valence-corrected chi connectivity index (χ4v) is 3.49. The highest BCUT2D eigenvalue weighted by atomic mass is 16.7. The van der Waals surface area contributed by atoms with Gasteiger partial charge in [-0.2, -0.15) is 0 Å². The Kier molecular flexibility index (Phi) is 4.38. The normalized spacial score (nSPS) is 21.5. The highest BCUT2D eigenvalue weighted by Crippen LogP contribution is 2.37. The van der Waals surface area contributed by atoms with Crippen LogP contribution >= 0.6 is 0 Å². The molecule has 7 nitrogen and oxygen atoms in total. The molecule has 0 aliphatic carbocycles. The predicted molar refractivity (Wildman–Crippen MR) is 92.6 cm³/mol. The van der Waals surface area contributed by atoms with Crippen molar-refractivity contribution in [1.29, 1.82) is 0 Å². The second kappa shape index (κ2) is 6.84. The van der Waals surface area contributed by atoms with Gasteiger partial charge in [-0.15, -0.1) is 0 Å². The van der Waals surface area contributed by atoms with E-state index in [4.69, 9.17) is 14.2 Å². The number of aliphatic hydroxyl groups excluding tert-OH is 1. The summed E-state index contributed by atoms with van der Waals surface area (Å²) in [5.74, 6) is 1.65. The zero-order chi connectivity index (χ0) is 18.1. The first-order chi connectivity index (χ1) is 12.7. The molecule has 1 aromatic heterocycles. The minimum Gasteiger partial charge on any atom is -0.481 e. The maximum absolute atomic E-state index is 12.7. The van der Waals surface area contributed by atoms with Crippen LogP contribution < -0.4 is 14.2 Å². The van der Waals surface area contributed by atoms with E-state index in [1.807, 2.05) is 18.2 Å². The van der Waals surface area contributed by atoms with Crippen LogP contribution in [0, 0.1) is 0 Å². The van der Waals surface area contributed by atoms with Gasteiger partial charge in [0.05, 0.1) is 13.2 Å². The summed E-state index contributed by atoms with van der Waals surface area (Å²) < 4.78 is 15.8. The van der Waals surface area contributed by atoms with Crippen LogP contribution in [0.2, 0.25) is 0 Å². The second-order valence-corrected chi connectivity index (χ2v) is 6.41. The summed E-state index contributed by atoms with van der Waals surface area (Å²) in [5, 5.41) is 10.6. The lowest BCUT2D eigenvalue weighted by molar-refractivity contribution is 0.0381. The molecule has 2 aliphatic rings. The minimum atomic E-state index is -0.642. The van der Waals surface area contributed by atoms with Crippen LogP contribution in [0.4, 0.5) is 0 Å². The first-order valence-corrected chi connectivity index (χ1v) is 8.52. The average Bonchev–Trinajstić information content (AvgIpc) is 3.15. The van der Waals surface area contributed by atoms with Crippen LogP contribution in [0.5, 0.6) is 17.4 Å². The molecule has 0 radical (unpaired) electrons. The smallest absolute Gasteiger partial charge is 0.254 e. The molecule has 0 unspecified atom stereocenters. The Morgan fingerprint density at radius 2 is 2.12 bits per heavy atom. The Morgan fingerprint density at radius 1 is 1.27 bits per heavy atom. The number of piperidine rings is 1. The Labute approximate surface area is 151 Å². The molecule has 3 heterocycles. The van der Waals surface area contributed by atoms with E-state index < -0.39 is 6.10 Å². The molecule has 2 atom stereocenters. The number of nitrogens with zero attached hydrogens (tertiary/aromatic N) is 2. The van der Waals surface area contributed by atoms with E-state index >= 15 is 0 Å². The molecule has 7 heteroatoms. The summed E-state index contributed by atoms with van der Waals surface area (Å²) in [4.78, 5) is 18.4. The molecule has 2 aromatic rings. The fraction of sp³-hybridized carbons (Fsp3) is 0.368. The van der Waals surface area contributed by atoms with E-state index in [1.165, 1.54) is 7.11 Å². The summed E-state index contributed by atoms with van der Waals surface area (Å²) in [7, 11) is 1.51. The van der Waals surface area contributed by atoms with Gasteiger partial charge in [0.2, 0.25) is 12.7 Å². The van der Waals surface area contributed by atoms with Crippen molar-refractivity contribution in [3.63, 3.8) is 0 Å². The largest absolute Gasteiger partial charge is 0.481 e. The number of hydrogen-bond acceptors (Lipinski definition) is 6. The zero-order valence-corrected chi connectivity index (χ0v) is 14.4. The van der Waals surface area contributed by atoms with Crippen LogP contribution in [0.1, 0.15) is 28.3 Å². The van der Waals surface area contributed by atoms with E-state index in [0.717, 1.165) is 11.3 Å². The van der Waals surface area contributed by atoms with Gasteiger partial charge in [-0.1, -0.05) is 6.07 Å². The molecular weight excluding hydrogens is 336 g/mol. The molecule has 26 heavy (non-hydrogen) atoms. The maximum atomic E-state index is 12.7. The topological polar surface area (TPSA) is 81.1 Å². The number of aliphatic hydroxyl groups is 1. The first kappa shape index (κ1) is 16.7. The molecule has 2 aliphatic heterocycles. The van der Waals surface area contributed by atoms with Crippen LogP contribution in [0.25, 0.3) is 0 Å². The van der Waals surface area contributed by atoms with Gasteiger partial charge < -0.3 is 24.2 Å². The van der Waals surface area contributed by atoms with E-state index in [-0.39, 0.29) is 25.2 Å². The number of benzene rings is 1. The number of likely N-dealkylation sites (tertiary alicyclic amines) is 1. The highest BCUT2D eigenvalue weighted by Gasteiger charge is 2.32. The molecule has 0 spiro atoms. The number of ether oxygens (including phenoxy) is 3. The van der Waals surface area contributed by atoms with Gasteiger partial charge in [0.1, 0.15) is 0 Å². The monoisotopic (exact) mass is 356 g/mol. The number of carbonyl (C=O) groups is 1. The minimum absolute atomic E-state index is 0.0412. The van der Waals surface area contributed by atoms with Gasteiger partial charge in [-0.3, -0.25) is 4.79 Å². The zero-order valence-electron chi connectivity index (χ0n) is 14.4. The standard InChI is InChI=1S/C19H20N2O5/c1-24-18-9-13(4-6-20-18)19(23)21-7-5-14(15(22)10-21)12-2-3-16-17(8-12)26-11-25-16/h2-4,6,8-9,14-15,22H,5,7,10-11H2,1H3/t14-,15+/m0/s1. The average molecular weight is 356 g/mol. The second-order valence-electron chi connectivity index (χ2n) is 6.41. The van der Waals surface area contributed by atoms with Crippen LogP contribution in [0.3, 0.4) is 0 Å². The van der Waals surface area contributed by atoms with Gasteiger partial charge in [0, 0.05) is 36.8 Å². The summed E-state index contributed by atoms with van der Waals surface area (Å²) in [6, 6.07) is 9.00. The van der Waals surface area contributed by atoms with E-state index in [0.29, 0.717) is 30.2 Å². The number of amides is 1. The lowest BCUT2D eigenvalue weighted by atomic mass is 9.86. The Balaban J connectivity index is 1.47. The molecular formula is C19H20N2O5. The Bertz CT molecular complexity index is 825. The molecule has 1 fully saturated rings. The van der Waals surface area contributed by atoms with Crippen molar-refractivity contribution in [3.8, 4) is 17.4 Å². The third-order valence-electron chi connectivity index (χ3n) is 4.88. The molecule has 0 saturated carbocycles. The van der Waals surface area contributed by atoms with Crippen LogP contribution in [-0.2, 0) is 0 Å². The lowest BCUT2D eigenvalue weighted by Gasteiger charge is -2.36.